The van der Waals surface area contributed by atoms with Crippen molar-refractivity contribution < 1.29 is 19.1 Å². The Morgan fingerprint density at radius 2 is 1.17 bits per heavy atom. The molecule has 5 aromatic rings. The van der Waals surface area contributed by atoms with Gasteiger partial charge in [0.25, 0.3) is 11.8 Å². The highest BCUT2D eigenvalue weighted by atomic mass is 79.9. The fraction of sp³-hybridized carbons (Fsp3) is 0.0294. The average molecular weight is 682 g/mol. The predicted molar refractivity (Wildman–Crippen MR) is 171 cm³/mol. The molecule has 8 heteroatoms. The van der Waals surface area contributed by atoms with Crippen LogP contribution >= 0.6 is 31.9 Å². The summed E-state index contributed by atoms with van der Waals surface area (Å²) in [5, 5.41) is 2.25. The molecule has 0 aliphatic carbocycles. The summed E-state index contributed by atoms with van der Waals surface area (Å²) in [7, 11) is 0. The van der Waals surface area contributed by atoms with Gasteiger partial charge in [-0.3, -0.25) is 9.59 Å². The normalized spacial score (nSPS) is 13.6. The number of carbonyl (C=O) groups excluding carboxylic acids is 3. The number of halogens is 2. The van der Waals surface area contributed by atoms with Gasteiger partial charge in [0.15, 0.2) is 0 Å². The lowest BCUT2D eigenvalue weighted by molar-refractivity contribution is -0.121. The Labute approximate surface area is 259 Å². The Morgan fingerprint density at radius 1 is 0.643 bits per heavy atom. The molecule has 1 heterocycles. The highest BCUT2D eigenvalue weighted by molar-refractivity contribution is 9.11. The van der Waals surface area contributed by atoms with Gasteiger partial charge in [0.2, 0.25) is 0 Å². The highest BCUT2D eigenvalue weighted by Gasteiger charge is 2.43. The van der Waals surface area contributed by atoms with Crippen molar-refractivity contribution in [1.82, 2.24) is 0 Å². The molecule has 0 atom stereocenters. The van der Waals surface area contributed by atoms with Crippen molar-refractivity contribution in [2.75, 3.05) is 9.80 Å². The lowest BCUT2D eigenvalue weighted by Crippen LogP contribution is -2.57. The number of amides is 4. The maximum Gasteiger partial charge on any atom is 0.343 e. The number of imide groups is 2. The number of anilines is 2. The van der Waals surface area contributed by atoms with E-state index in [0.29, 0.717) is 38.2 Å². The molecule has 42 heavy (non-hydrogen) atoms. The smallest absolute Gasteiger partial charge is 0.343 e. The third-order valence-corrected chi connectivity index (χ3v) is 8.04. The van der Waals surface area contributed by atoms with Crippen molar-refractivity contribution in [3.63, 3.8) is 0 Å². The minimum Gasteiger partial charge on any atom is -0.487 e. The maximum absolute atomic E-state index is 13.7. The van der Waals surface area contributed by atoms with Gasteiger partial charge in [0.05, 0.1) is 20.3 Å². The molecule has 6 nitrogen and oxygen atoms in total. The summed E-state index contributed by atoms with van der Waals surface area (Å²) in [6, 6.07) is 34.1. The number of benzene rings is 5. The van der Waals surface area contributed by atoms with Gasteiger partial charge in [-0.25, -0.2) is 14.6 Å². The number of hydrogen-bond donors (Lipinski definition) is 0. The molecular formula is C34H22Br2N2O4. The summed E-state index contributed by atoms with van der Waals surface area (Å²) < 4.78 is 7.47. The number of barbiturate groups is 1. The average Bonchev–Trinajstić information content (AvgIpc) is 3.00. The van der Waals surface area contributed by atoms with Crippen molar-refractivity contribution in [3.8, 4) is 5.75 Å². The van der Waals surface area contributed by atoms with Crippen LogP contribution in [0.3, 0.4) is 0 Å². The molecule has 1 fully saturated rings. The maximum atomic E-state index is 13.7. The number of para-hydroxylation sites is 2. The van der Waals surface area contributed by atoms with Gasteiger partial charge in [0.1, 0.15) is 17.9 Å². The SMILES string of the molecule is O=C1C(=Cc2cc(Br)c(OCc3cccc4ccccc34)c(Br)c2)C(=O)N(c2ccccc2)C(=O)N1c1ccccc1. The van der Waals surface area contributed by atoms with Gasteiger partial charge in [0, 0.05) is 0 Å². The second kappa shape index (κ2) is 11.8. The summed E-state index contributed by atoms with van der Waals surface area (Å²) in [5.74, 6) is -0.822. The molecule has 1 aliphatic heterocycles. The van der Waals surface area contributed by atoms with Gasteiger partial charge < -0.3 is 4.74 Å². The molecule has 0 radical (unpaired) electrons. The molecule has 1 saturated heterocycles. The fourth-order valence-corrected chi connectivity index (χ4v) is 6.33. The van der Waals surface area contributed by atoms with Gasteiger partial charge in [-0.15, -0.1) is 0 Å². The zero-order valence-electron chi connectivity index (χ0n) is 22.0. The van der Waals surface area contributed by atoms with Crippen molar-refractivity contribution >= 4 is 77.9 Å². The van der Waals surface area contributed by atoms with E-state index >= 15 is 0 Å². The first-order valence-corrected chi connectivity index (χ1v) is 14.6. The van der Waals surface area contributed by atoms with Gasteiger partial charge >= 0.3 is 6.03 Å². The zero-order chi connectivity index (χ0) is 29.2. The number of nitrogens with zero attached hydrogens (tertiary/aromatic N) is 2. The minimum absolute atomic E-state index is 0.148. The second-order valence-corrected chi connectivity index (χ2v) is 11.2. The van der Waals surface area contributed by atoms with E-state index in [9.17, 15) is 14.4 Å². The van der Waals surface area contributed by atoms with Gasteiger partial charge in [-0.1, -0.05) is 78.9 Å². The Bertz CT molecular complexity index is 1780. The first kappa shape index (κ1) is 27.6. The van der Waals surface area contributed by atoms with Crippen molar-refractivity contribution in [3.05, 3.63) is 141 Å². The summed E-state index contributed by atoms with van der Waals surface area (Å²) in [4.78, 5) is 42.9. The molecule has 0 unspecified atom stereocenters. The standard InChI is InChI=1S/C34H22Br2N2O4/c35-29-19-22(20-30(36)31(29)42-21-24-12-9-11-23-10-7-8-17-27(23)24)18-28-32(39)37(25-13-3-1-4-14-25)34(41)38(33(28)40)26-15-5-2-6-16-26/h1-20H,21H2. The van der Waals surface area contributed by atoms with Gasteiger partial charge in [-0.05, 0) is 96.2 Å². The van der Waals surface area contributed by atoms with Crippen LogP contribution in [-0.2, 0) is 16.2 Å². The topological polar surface area (TPSA) is 66.9 Å². The zero-order valence-corrected chi connectivity index (χ0v) is 25.2. The number of fused-ring (bicyclic) bond motifs is 1. The molecule has 0 aromatic heterocycles. The first-order chi connectivity index (χ1) is 20.4. The van der Waals surface area contributed by atoms with E-state index in [4.69, 9.17) is 4.74 Å². The van der Waals surface area contributed by atoms with E-state index in [-0.39, 0.29) is 5.57 Å². The number of ether oxygens (including phenoxy) is 1. The van der Waals surface area contributed by atoms with Crippen LogP contribution in [-0.4, -0.2) is 17.8 Å². The second-order valence-electron chi connectivity index (χ2n) is 9.53. The van der Waals surface area contributed by atoms with Crippen LogP contribution in [0.15, 0.2) is 130 Å². The lowest BCUT2D eigenvalue weighted by Gasteiger charge is -2.34. The first-order valence-electron chi connectivity index (χ1n) is 13.1. The predicted octanol–water partition coefficient (Wildman–Crippen LogP) is 8.53. The van der Waals surface area contributed by atoms with Gasteiger partial charge in [-0.2, -0.15) is 0 Å². The summed E-state index contributed by atoms with van der Waals surface area (Å²) in [5.41, 5.74) is 2.20. The molecule has 0 spiro atoms. The molecule has 0 saturated carbocycles. The number of hydrogen-bond acceptors (Lipinski definition) is 4. The van der Waals surface area contributed by atoms with Crippen LogP contribution in [0.4, 0.5) is 16.2 Å². The number of urea groups is 1. The van der Waals surface area contributed by atoms with Crippen molar-refractivity contribution in [2.45, 2.75) is 6.61 Å². The minimum atomic E-state index is -0.737. The van der Waals surface area contributed by atoms with Crippen LogP contribution in [0.25, 0.3) is 16.8 Å². The van der Waals surface area contributed by atoms with Crippen LogP contribution in [0, 0.1) is 0 Å². The molecule has 1 aliphatic rings. The Morgan fingerprint density at radius 3 is 1.76 bits per heavy atom. The Hall–Kier alpha value is -4.53. The van der Waals surface area contributed by atoms with Crippen LogP contribution in [0.1, 0.15) is 11.1 Å². The molecule has 5 aromatic carbocycles. The molecular weight excluding hydrogens is 660 g/mol. The summed E-state index contributed by atoms with van der Waals surface area (Å²) >= 11 is 7.19. The van der Waals surface area contributed by atoms with E-state index < -0.39 is 17.8 Å². The summed E-state index contributed by atoms with van der Waals surface area (Å²) in [6.07, 6.45) is 1.49. The fourth-order valence-electron chi connectivity index (χ4n) is 4.87. The van der Waals surface area contributed by atoms with Crippen LogP contribution in [0.5, 0.6) is 5.75 Å². The van der Waals surface area contributed by atoms with E-state index in [1.54, 1.807) is 72.8 Å². The third kappa shape index (κ3) is 5.26. The summed E-state index contributed by atoms with van der Waals surface area (Å²) in [6.45, 7) is 0.343. The molecule has 0 bridgehead atoms. The van der Waals surface area contributed by atoms with E-state index in [2.05, 4.69) is 50.1 Å². The van der Waals surface area contributed by atoms with Crippen LogP contribution in [0.2, 0.25) is 0 Å². The molecule has 6 rings (SSSR count). The largest absolute Gasteiger partial charge is 0.487 e. The molecule has 0 N–H and O–H groups in total. The highest BCUT2D eigenvalue weighted by Crippen LogP contribution is 2.37. The number of rotatable bonds is 6. The monoisotopic (exact) mass is 680 g/mol. The van der Waals surface area contributed by atoms with Crippen LogP contribution < -0.4 is 14.5 Å². The van der Waals surface area contributed by atoms with E-state index in [1.165, 1.54) is 6.08 Å². The van der Waals surface area contributed by atoms with E-state index in [1.807, 2.05) is 24.3 Å². The van der Waals surface area contributed by atoms with Crippen molar-refractivity contribution in [2.24, 2.45) is 0 Å². The third-order valence-electron chi connectivity index (χ3n) is 6.86. The quantitative estimate of drug-likeness (QED) is 0.133. The Kier molecular flexibility index (Phi) is 7.73. The lowest BCUT2D eigenvalue weighted by atomic mass is 10.0. The molecule has 206 valence electrons. The molecule has 4 amide bonds. The van der Waals surface area contributed by atoms with Crippen molar-refractivity contribution in [1.29, 1.82) is 0 Å². The number of carbonyl (C=O) groups is 3. The van der Waals surface area contributed by atoms with E-state index in [0.717, 1.165) is 26.1 Å². The Balaban J connectivity index is 1.35.